The van der Waals surface area contributed by atoms with Gasteiger partial charge in [0.1, 0.15) is 6.15 Å². The second kappa shape index (κ2) is 7.33. The molecule has 0 aliphatic carbocycles. The molecule has 27 heavy (non-hydrogen) atoms. The fraction of sp³-hybridized carbons (Fsp3) is 0.500. The highest BCUT2D eigenvalue weighted by atomic mass is 35.5. The van der Waals surface area contributed by atoms with Crippen LogP contribution in [0, 0.1) is 6.92 Å². The Kier molecular flexibility index (Phi) is 5.20. The molecule has 5 heteroatoms. The standard InChI is InChI=1S/C22H29BCl2N2/c1-16-10-12-17(13-11-16)14-15-23(18-6-4-7-19(23)9-5-8-18)22-26(2)20(24)21(25)27(22)3/h10-15,18-19H,4-9H2,1-3H3/b15-14-. The Hall–Kier alpha value is -1.19. The molecule has 2 fully saturated rings. The fourth-order valence-electron chi connectivity index (χ4n) is 6.20. The molecule has 0 amide bonds. The Morgan fingerprint density at radius 1 is 1.04 bits per heavy atom. The normalized spacial score (nSPS) is 28.0. The molecule has 0 unspecified atom stereocenters. The summed E-state index contributed by atoms with van der Waals surface area (Å²) in [4.78, 5) is 0. The molecule has 0 radical (unpaired) electrons. The van der Waals surface area contributed by atoms with Gasteiger partial charge in [-0.25, -0.2) is 5.98 Å². The topological polar surface area (TPSA) is 8.81 Å². The number of nitrogens with zero attached hydrogens (tertiary/aromatic N) is 2. The van der Waals surface area contributed by atoms with Gasteiger partial charge in [0.2, 0.25) is 0 Å². The maximum Gasteiger partial charge on any atom is 0.252 e. The van der Waals surface area contributed by atoms with Crippen LogP contribution in [0.15, 0.2) is 30.2 Å². The minimum atomic E-state index is -0.865. The predicted molar refractivity (Wildman–Crippen MR) is 117 cm³/mol. The van der Waals surface area contributed by atoms with Gasteiger partial charge >= 0.3 is 0 Å². The van der Waals surface area contributed by atoms with E-state index in [1.807, 2.05) is 0 Å². The average molecular weight is 403 g/mol. The molecule has 2 saturated heterocycles. The molecule has 4 rings (SSSR count). The van der Waals surface area contributed by atoms with E-state index in [0.29, 0.717) is 21.9 Å². The molecule has 144 valence electrons. The molecular formula is C22H29BCl2N2. The van der Waals surface area contributed by atoms with Crippen molar-refractivity contribution in [2.75, 3.05) is 0 Å². The van der Waals surface area contributed by atoms with Gasteiger partial charge in [0, 0.05) is 0 Å². The zero-order valence-corrected chi connectivity index (χ0v) is 18.1. The van der Waals surface area contributed by atoms with E-state index in [4.69, 9.17) is 23.2 Å². The van der Waals surface area contributed by atoms with E-state index >= 15 is 0 Å². The minimum absolute atomic E-state index is 0.655. The van der Waals surface area contributed by atoms with Crippen LogP contribution in [0.3, 0.4) is 0 Å². The number of hydrogen-bond donors (Lipinski definition) is 0. The second-order valence-corrected chi connectivity index (χ2v) is 9.50. The molecule has 1 aromatic carbocycles. The highest BCUT2D eigenvalue weighted by Crippen LogP contribution is 2.53. The number of hydrogen-bond acceptors (Lipinski definition) is 0. The van der Waals surface area contributed by atoms with Crippen molar-refractivity contribution in [2.45, 2.75) is 57.1 Å². The molecule has 2 bridgehead atoms. The number of imidazole rings is 1. The van der Waals surface area contributed by atoms with Crippen LogP contribution in [0.25, 0.3) is 6.08 Å². The average Bonchev–Trinajstić information content (AvgIpc) is 2.84. The molecule has 1 aromatic heterocycles. The number of aryl methyl sites for hydroxylation is 1. The summed E-state index contributed by atoms with van der Waals surface area (Å²) in [6, 6.07) is 8.83. The quantitative estimate of drug-likeness (QED) is 0.474. The lowest BCUT2D eigenvalue weighted by Gasteiger charge is -2.55. The summed E-state index contributed by atoms with van der Waals surface area (Å²) in [7, 11) is 4.16. The van der Waals surface area contributed by atoms with Crippen LogP contribution in [0.2, 0.25) is 21.9 Å². The van der Waals surface area contributed by atoms with Crippen molar-refractivity contribution in [3.05, 3.63) is 51.7 Å². The summed E-state index contributed by atoms with van der Waals surface area (Å²) in [6.07, 6.45) is 9.45. The number of halogens is 2. The first-order valence-corrected chi connectivity index (χ1v) is 11.0. The highest BCUT2D eigenvalue weighted by molar-refractivity contribution is 6.97. The van der Waals surface area contributed by atoms with Crippen molar-refractivity contribution >= 4 is 41.1 Å². The van der Waals surface area contributed by atoms with Crippen molar-refractivity contribution in [3.63, 3.8) is 0 Å². The highest BCUT2D eigenvalue weighted by Gasteiger charge is 2.50. The van der Waals surface area contributed by atoms with Crippen LogP contribution in [0.4, 0.5) is 0 Å². The Morgan fingerprint density at radius 2 is 1.59 bits per heavy atom. The van der Waals surface area contributed by atoms with Gasteiger partial charge < -0.3 is 0 Å². The van der Waals surface area contributed by atoms with Gasteiger partial charge in [-0.1, -0.05) is 74.4 Å². The van der Waals surface area contributed by atoms with Gasteiger partial charge in [0.25, 0.3) is 10.3 Å². The van der Waals surface area contributed by atoms with Crippen LogP contribution in [0.1, 0.15) is 49.7 Å². The molecule has 0 N–H and O–H groups in total. The van der Waals surface area contributed by atoms with Crippen molar-refractivity contribution in [1.82, 2.24) is 4.57 Å². The van der Waals surface area contributed by atoms with Crippen molar-refractivity contribution in [3.8, 4) is 0 Å². The van der Waals surface area contributed by atoms with Gasteiger partial charge in [0.15, 0.2) is 0 Å². The Balaban J connectivity index is 1.89. The first-order chi connectivity index (χ1) is 12.9. The summed E-state index contributed by atoms with van der Waals surface area (Å²) < 4.78 is 4.31. The van der Waals surface area contributed by atoms with Gasteiger partial charge in [-0.2, -0.15) is 11.6 Å². The number of rotatable bonds is 3. The third kappa shape index (κ3) is 3.07. The van der Waals surface area contributed by atoms with E-state index in [-0.39, 0.29) is 0 Å². The monoisotopic (exact) mass is 402 g/mol. The Morgan fingerprint density at radius 3 is 2.07 bits per heavy atom. The lowest BCUT2D eigenvalue weighted by Crippen LogP contribution is -2.69. The zero-order valence-electron chi connectivity index (χ0n) is 16.6. The fourth-order valence-corrected chi connectivity index (χ4v) is 6.63. The minimum Gasteiger partial charge on any atom is -0.256 e. The lowest BCUT2D eigenvalue weighted by atomic mass is 9.08. The van der Waals surface area contributed by atoms with Crippen molar-refractivity contribution in [1.29, 1.82) is 0 Å². The molecule has 2 nitrogen and oxygen atoms in total. The van der Waals surface area contributed by atoms with Crippen molar-refractivity contribution < 1.29 is 4.57 Å². The molecule has 2 aliphatic heterocycles. The number of fused-ring (bicyclic) bond motifs is 2. The molecule has 0 saturated carbocycles. The zero-order chi connectivity index (χ0) is 19.2. The van der Waals surface area contributed by atoms with Gasteiger partial charge in [-0.05, 0) is 35.7 Å². The summed E-state index contributed by atoms with van der Waals surface area (Å²) in [5.41, 5.74) is 3.90. The maximum absolute atomic E-state index is 6.57. The third-order valence-corrected chi connectivity index (χ3v) is 8.40. The van der Waals surface area contributed by atoms with E-state index in [1.54, 1.807) is 0 Å². The third-order valence-electron chi connectivity index (χ3n) is 7.44. The Bertz CT molecular complexity index is 822. The summed E-state index contributed by atoms with van der Waals surface area (Å²) in [5.74, 6) is 3.98. The van der Waals surface area contributed by atoms with E-state index < -0.39 is 6.15 Å². The molecule has 2 aliphatic rings. The van der Waals surface area contributed by atoms with E-state index in [1.165, 1.54) is 55.4 Å². The Labute approximate surface area is 173 Å². The van der Waals surface area contributed by atoms with Gasteiger partial charge in [-0.15, -0.1) is 0 Å². The summed E-state index contributed by atoms with van der Waals surface area (Å²) in [5, 5.41) is 1.31. The first-order valence-electron chi connectivity index (χ1n) is 10.3. The smallest absolute Gasteiger partial charge is 0.252 e. The largest absolute Gasteiger partial charge is 0.256 e. The number of benzene rings is 1. The molecular weight excluding hydrogens is 374 g/mol. The summed E-state index contributed by atoms with van der Waals surface area (Å²) in [6.45, 7) is 2.14. The van der Waals surface area contributed by atoms with E-state index in [0.717, 1.165) is 0 Å². The predicted octanol–water partition coefficient (Wildman–Crippen LogP) is 5.48. The van der Waals surface area contributed by atoms with Crippen LogP contribution < -0.4 is 10.3 Å². The SMILES string of the molecule is Cc1ccc(/C=C\[B-]2(c3n(C)c(Cl)c(Cl)[n+]3C)C3CCCC2CCC3)cc1. The molecule has 0 spiro atoms. The van der Waals surface area contributed by atoms with Crippen molar-refractivity contribution in [2.24, 2.45) is 14.1 Å². The van der Waals surface area contributed by atoms with Crippen LogP contribution in [-0.4, -0.2) is 10.7 Å². The van der Waals surface area contributed by atoms with E-state index in [2.05, 4.69) is 66.5 Å². The first kappa shape index (κ1) is 19.1. The van der Waals surface area contributed by atoms with Crippen LogP contribution in [-0.2, 0) is 14.1 Å². The summed E-state index contributed by atoms with van der Waals surface area (Å²) >= 11 is 13.1. The molecule has 0 atom stereocenters. The van der Waals surface area contributed by atoms with Crippen LogP contribution >= 0.6 is 23.2 Å². The van der Waals surface area contributed by atoms with Crippen LogP contribution in [0.5, 0.6) is 0 Å². The molecule has 2 aromatic rings. The lowest BCUT2D eigenvalue weighted by molar-refractivity contribution is -0.651. The van der Waals surface area contributed by atoms with Gasteiger partial charge in [0.05, 0.1) is 19.8 Å². The van der Waals surface area contributed by atoms with E-state index in [9.17, 15) is 0 Å². The maximum atomic E-state index is 6.57. The number of aromatic nitrogens is 2. The van der Waals surface area contributed by atoms with Gasteiger partial charge in [-0.3, -0.25) is 9.13 Å². The second-order valence-electron chi connectivity index (χ2n) is 8.79. The molecule has 3 heterocycles.